The Morgan fingerprint density at radius 1 is 0.543 bits per heavy atom. The zero-order valence-electron chi connectivity index (χ0n) is 83.0. The maximum absolute atomic E-state index is 14.6. The third-order valence-electron chi connectivity index (χ3n) is 24.2. The lowest BCUT2D eigenvalue weighted by Crippen LogP contribution is -2.56. The van der Waals surface area contributed by atoms with E-state index in [1.165, 1.54) is 28.4 Å². The zero-order valence-corrected chi connectivity index (χ0v) is 83.0. The number of carbonyl (C=O) groups excluding carboxylic acids is 11. The van der Waals surface area contributed by atoms with Gasteiger partial charge in [-0.25, -0.2) is 9.59 Å². The van der Waals surface area contributed by atoms with Crippen molar-refractivity contribution in [2.45, 2.75) is 325 Å². The Hall–Kier alpha value is -8.00. The van der Waals surface area contributed by atoms with Gasteiger partial charge in [0.25, 0.3) is 0 Å². The normalized spacial score (nSPS) is 18.2. The van der Waals surface area contributed by atoms with Crippen LogP contribution in [0.25, 0.3) is 0 Å². The second-order valence-electron chi connectivity index (χ2n) is 37.7. The molecule has 726 valence electrons. The van der Waals surface area contributed by atoms with Gasteiger partial charge in [-0.15, -0.1) is 0 Å². The van der Waals surface area contributed by atoms with Crippen LogP contribution in [0.1, 0.15) is 234 Å². The molecule has 2 saturated heterocycles. The van der Waals surface area contributed by atoms with Gasteiger partial charge >= 0.3 is 29.8 Å². The van der Waals surface area contributed by atoms with Gasteiger partial charge in [0.1, 0.15) is 29.3 Å². The summed E-state index contributed by atoms with van der Waals surface area (Å²) in [6.45, 7) is 43.8. The number of benzene rings is 1. The number of ketones is 1. The van der Waals surface area contributed by atoms with E-state index in [1.807, 2.05) is 167 Å². The first-order valence-corrected chi connectivity index (χ1v) is 45.7. The molecule has 30 nitrogen and oxygen atoms in total. The second-order valence-corrected chi connectivity index (χ2v) is 37.7. The lowest BCUT2D eigenvalue weighted by molar-refractivity contribution is -0.156. The second kappa shape index (κ2) is 58.6. The molecule has 2 aliphatic rings. The minimum atomic E-state index is -0.903. The number of likely N-dealkylation sites (N-methyl/N-ethyl adjacent to an activating group) is 4. The molecule has 127 heavy (non-hydrogen) atoms. The Morgan fingerprint density at radius 2 is 0.953 bits per heavy atom. The number of Topliss-reactive ketones (excluding diaryl/α,β-unsaturated/α-hetero) is 1. The fourth-order valence-electron chi connectivity index (χ4n) is 17.0. The van der Waals surface area contributed by atoms with E-state index in [-0.39, 0.29) is 139 Å². The molecule has 0 radical (unpaired) electrons. The molecular weight excluding hydrogens is 1630 g/mol. The van der Waals surface area contributed by atoms with Crippen molar-refractivity contribution in [2.75, 3.05) is 97.0 Å². The van der Waals surface area contributed by atoms with Crippen LogP contribution in [-0.4, -0.2) is 293 Å². The van der Waals surface area contributed by atoms with Gasteiger partial charge in [0.05, 0.1) is 99.6 Å². The lowest BCUT2D eigenvalue weighted by Gasteiger charge is -2.41. The van der Waals surface area contributed by atoms with E-state index in [0.29, 0.717) is 71.1 Å². The molecule has 0 aromatic heterocycles. The van der Waals surface area contributed by atoms with Gasteiger partial charge in [-0.3, -0.25) is 57.7 Å². The summed E-state index contributed by atoms with van der Waals surface area (Å²) in [4.78, 5) is 168. The number of carbonyl (C=O) groups is 12. The molecule has 6 amide bonds. The number of ether oxygens (including phenoxy) is 8. The third-order valence-corrected chi connectivity index (χ3v) is 24.2. The predicted octanol–water partition coefficient (Wildman–Crippen LogP) is 11.5. The summed E-state index contributed by atoms with van der Waals surface area (Å²) in [5, 5.41) is 14.8. The van der Waals surface area contributed by atoms with E-state index in [2.05, 4.69) is 17.2 Å². The first-order chi connectivity index (χ1) is 59.4. The summed E-state index contributed by atoms with van der Waals surface area (Å²) >= 11 is 0. The van der Waals surface area contributed by atoms with Crippen molar-refractivity contribution >= 4 is 71.1 Å². The van der Waals surface area contributed by atoms with Crippen LogP contribution in [0.3, 0.4) is 0 Å². The van der Waals surface area contributed by atoms with Crippen molar-refractivity contribution in [1.29, 1.82) is 0 Å². The van der Waals surface area contributed by atoms with Gasteiger partial charge < -0.3 is 79.0 Å². The summed E-state index contributed by atoms with van der Waals surface area (Å²) in [7, 11) is 15.9. The first kappa shape index (κ1) is 117. The molecule has 0 unspecified atom stereocenters. The molecule has 5 N–H and O–H groups in total. The molecule has 2 fully saturated rings. The smallest absolute Gasteiger partial charge is 0.328 e. The van der Waals surface area contributed by atoms with Crippen molar-refractivity contribution in [2.24, 2.45) is 59.0 Å². The molecule has 1 aromatic rings. The van der Waals surface area contributed by atoms with Crippen LogP contribution in [0.5, 0.6) is 0 Å². The molecular formula is C97H167N9O21. The first-order valence-electron chi connectivity index (χ1n) is 45.7. The van der Waals surface area contributed by atoms with Crippen LogP contribution in [0, 0.1) is 53.3 Å². The standard InChI is InChI=1S/C49H82N4O10.C34H58N4O7.C14H27NO4/c1-16-33(6)44(52(12)47(58)36(31(2)3)29-39(54)43(32(4)5)51(11)26-21-25-42(56)63-49(8,9)10)40(60-13)30-41(55)53-27-20-24-38(53)45(61-14)34(7)46(57)50-37(48(59)62-15)28-35-22-18-17-19-23-35;1-11-13-14-15-16-18-25(34(42)45-10)36-32(40)24(6)31(44-9)26-19-17-20-38(26)28(39)21-27(43-8)30(23(5)12-2)37(7)33(41)29(35)22(3)4;1-10(2)12(13(17)18)15(6)9-7-8-11(16)19-14(3,4)5/h17-19,22-23,31-34,36-38,40,43-45H,16,20-21,24-30H2,1-15H3,(H,50,57);11,13-16,22-27,29-31H,1,12,17-21,35H2,2-10H3,(H,36,40);10,12H,7-9H2,1-6H3,(H,17,18)/b;14-13-,16-15+;/t33-,34+,36-,37-,38-,40+,43-,44-,45+;23-,24+,25-,26-,27+,29-,30-,31+;12-/m000/s1. The van der Waals surface area contributed by atoms with Crippen molar-refractivity contribution in [3.8, 4) is 0 Å². The maximum Gasteiger partial charge on any atom is 0.328 e. The summed E-state index contributed by atoms with van der Waals surface area (Å²) in [6.07, 6.45) is 12.7. The average molecular weight is 1800 g/mol. The molecule has 0 bridgehead atoms. The van der Waals surface area contributed by atoms with Crippen LogP contribution in [0.15, 0.2) is 67.3 Å². The summed E-state index contributed by atoms with van der Waals surface area (Å²) in [5.41, 5.74) is 6.05. The summed E-state index contributed by atoms with van der Waals surface area (Å²) in [5.74, 6) is -6.07. The van der Waals surface area contributed by atoms with Gasteiger partial charge in [0, 0.05) is 87.2 Å². The number of hydrogen-bond donors (Lipinski definition) is 4. The van der Waals surface area contributed by atoms with E-state index in [4.69, 9.17) is 48.7 Å². The number of likely N-dealkylation sites (tertiary alicyclic amines) is 2. The van der Waals surface area contributed by atoms with Crippen LogP contribution in [0.4, 0.5) is 0 Å². The number of amides is 6. The minimum Gasteiger partial charge on any atom is -0.480 e. The van der Waals surface area contributed by atoms with Crippen LogP contribution in [-0.2, 0) is 102 Å². The highest BCUT2D eigenvalue weighted by Crippen LogP contribution is 2.34. The Bertz CT molecular complexity index is 3600. The van der Waals surface area contributed by atoms with Crippen molar-refractivity contribution < 1.29 is 101 Å². The Balaban J connectivity index is 0.00000109. The van der Waals surface area contributed by atoms with Gasteiger partial charge in [-0.2, -0.15) is 0 Å². The fourth-order valence-corrected chi connectivity index (χ4v) is 17.0. The highest BCUT2D eigenvalue weighted by molar-refractivity contribution is 5.91. The molecule has 0 aliphatic carbocycles. The number of carboxylic acids is 1. The van der Waals surface area contributed by atoms with Gasteiger partial charge in [-0.1, -0.05) is 177 Å². The summed E-state index contributed by atoms with van der Waals surface area (Å²) < 4.78 is 44.3. The van der Waals surface area contributed by atoms with Crippen molar-refractivity contribution in [3.63, 3.8) is 0 Å². The van der Waals surface area contributed by atoms with Crippen molar-refractivity contribution in [1.82, 2.24) is 40.0 Å². The SMILES string of the molecule is C=C/C=C\C=C\C[C@H](NC(=O)[C@H](C)[C@@H](OC)[C@@H]1CCCN1C(=O)C[C@@H](OC)[C@H]([C@@H](C)CC)N(C)C(=O)[C@@H](N)C(C)C)C(=O)OC.CC(C)[C@@H](C(=O)O)N(C)CCCC(=O)OC(C)(C)C.CC[C@H](C)[C@@H]([C@@H](CC(=O)N1CCC[C@H]1[C@H](OC)[C@@H](C)C(=O)N[C@@H](Cc1ccccc1)C(=O)OC)OC)N(C)C(=O)[C@@H](CC(=O)[C@H](C(C)C)N(C)CCCC(=O)OC(C)(C)C)C(C)C. The number of allylic oxidation sites excluding steroid dienone is 4. The van der Waals surface area contributed by atoms with Gasteiger partial charge in [0.2, 0.25) is 35.4 Å². The molecule has 2 heterocycles. The monoisotopic (exact) mass is 1790 g/mol. The van der Waals surface area contributed by atoms with Gasteiger partial charge in [0.15, 0.2) is 5.78 Å². The molecule has 18 atom stereocenters. The highest BCUT2D eigenvalue weighted by atomic mass is 16.6. The van der Waals surface area contributed by atoms with Crippen molar-refractivity contribution in [3.05, 3.63) is 72.9 Å². The van der Waals surface area contributed by atoms with E-state index >= 15 is 0 Å². The average Bonchev–Trinajstić information content (AvgIpc) is 1.16. The predicted molar refractivity (Wildman–Crippen MR) is 494 cm³/mol. The maximum atomic E-state index is 14.6. The molecule has 3 rings (SSSR count). The number of nitrogens with one attached hydrogen (secondary N) is 2. The number of rotatable bonds is 52. The summed E-state index contributed by atoms with van der Waals surface area (Å²) in [6, 6.07) is 4.38. The fraction of sp³-hybridized carbons (Fsp3) is 0.753. The molecule has 30 heteroatoms. The van der Waals surface area contributed by atoms with E-state index in [1.54, 1.807) is 104 Å². The van der Waals surface area contributed by atoms with E-state index < -0.39 is 114 Å². The molecule has 0 spiro atoms. The Kier molecular flexibility index (Phi) is 54.0. The largest absolute Gasteiger partial charge is 0.480 e. The number of nitrogens with two attached hydrogens (primary N) is 1. The van der Waals surface area contributed by atoms with E-state index in [9.17, 15) is 57.5 Å². The van der Waals surface area contributed by atoms with Gasteiger partial charge in [-0.05, 0) is 155 Å². The van der Waals surface area contributed by atoms with Crippen LogP contribution >= 0.6 is 0 Å². The molecule has 0 saturated carbocycles. The van der Waals surface area contributed by atoms with Crippen LogP contribution < -0.4 is 16.4 Å². The minimum absolute atomic E-state index is 0.00703. The number of methoxy groups -OCH3 is 6. The number of hydrogen-bond acceptors (Lipinski definition) is 23. The zero-order chi connectivity index (χ0) is 97.2. The topological polar surface area (TPSA) is 368 Å². The highest BCUT2D eigenvalue weighted by Gasteiger charge is 2.47. The number of nitrogens with zero attached hydrogens (tertiary/aromatic N) is 6. The molecule has 1 aromatic carbocycles. The Morgan fingerprint density at radius 3 is 1.31 bits per heavy atom. The quantitative estimate of drug-likeness (QED) is 0.0267. The molecule has 2 aliphatic heterocycles. The number of esters is 4. The lowest BCUT2D eigenvalue weighted by atomic mass is 9.83. The van der Waals surface area contributed by atoms with Crippen LogP contribution in [0.2, 0.25) is 0 Å². The van der Waals surface area contributed by atoms with E-state index in [0.717, 1.165) is 18.4 Å². The third kappa shape index (κ3) is 39.3. The number of aliphatic carboxylic acids is 1. The number of carboxylic acid groups (broad SMARTS) is 1. The Labute approximate surface area is 761 Å².